The van der Waals surface area contributed by atoms with E-state index < -0.39 is 11.5 Å². The maximum atomic E-state index is 13.8. The molecule has 4 atom stereocenters. The lowest BCUT2D eigenvalue weighted by atomic mass is 9.61. The highest BCUT2D eigenvalue weighted by Gasteiger charge is 2.66. The standard InChI is InChI=1S/C25H28N2O3/c1-30-23(28)21-20(16-10-4-2-5-11-16)25(22(27-21)17-12-6-3-7-13-17)18-14-8-9-15-19(18)26-24(25)29/h2,4-5,8-11,14-15,17,20-22,27H,3,6-7,12-13H2,1H3,(H,26,29)/t20-,21+,22+,25+/m0/s1. The molecule has 3 aliphatic rings. The second-order valence-electron chi connectivity index (χ2n) is 8.80. The average Bonchev–Trinajstić information content (AvgIpc) is 3.31. The highest BCUT2D eigenvalue weighted by atomic mass is 16.5. The number of hydrogen-bond acceptors (Lipinski definition) is 4. The maximum Gasteiger partial charge on any atom is 0.323 e. The molecule has 1 saturated carbocycles. The molecule has 5 heteroatoms. The van der Waals surface area contributed by atoms with E-state index in [1.54, 1.807) is 0 Å². The lowest BCUT2D eigenvalue weighted by Gasteiger charge is -2.40. The van der Waals surface area contributed by atoms with Gasteiger partial charge in [-0.1, -0.05) is 67.8 Å². The summed E-state index contributed by atoms with van der Waals surface area (Å²) in [6.07, 6.45) is 5.72. The number of carbonyl (C=O) groups is 2. The summed E-state index contributed by atoms with van der Waals surface area (Å²) in [6, 6.07) is 17.3. The number of rotatable bonds is 3. The van der Waals surface area contributed by atoms with Gasteiger partial charge in [0.05, 0.1) is 7.11 Å². The summed E-state index contributed by atoms with van der Waals surface area (Å²) in [7, 11) is 1.43. The molecule has 5 nitrogen and oxygen atoms in total. The molecule has 0 unspecified atom stereocenters. The van der Waals surface area contributed by atoms with E-state index in [-0.39, 0.29) is 23.8 Å². The fraction of sp³-hybridized carbons (Fsp3) is 0.440. The first-order valence-corrected chi connectivity index (χ1v) is 11.0. The van der Waals surface area contributed by atoms with E-state index >= 15 is 0 Å². The fourth-order valence-corrected chi connectivity index (χ4v) is 6.22. The van der Waals surface area contributed by atoms with Gasteiger partial charge in [-0.05, 0) is 36.0 Å². The summed E-state index contributed by atoms with van der Waals surface area (Å²) in [4.78, 5) is 26.8. The molecule has 2 N–H and O–H groups in total. The predicted molar refractivity (Wildman–Crippen MR) is 115 cm³/mol. The molecule has 0 aromatic heterocycles. The highest BCUT2D eigenvalue weighted by Crippen LogP contribution is 2.57. The van der Waals surface area contributed by atoms with Crippen molar-refractivity contribution in [3.8, 4) is 0 Å². The number of methoxy groups -OCH3 is 1. The smallest absolute Gasteiger partial charge is 0.323 e. The molecule has 156 valence electrons. The molecule has 2 heterocycles. The van der Waals surface area contributed by atoms with Gasteiger partial charge in [0.1, 0.15) is 11.5 Å². The summed E-state index contributed by atoms with van der Waals surface area (Å²) >= 11 is 0. The number of nitrogens with one attached hydrogen (secondary N) is 2. The molecule has 5 rings (SSSR count). The van der Waals surface area contributed by atoms with E-state index in [1.807, 2.05) is 48.5 Å². The monoisotopic (exact) mass is 404 g/mol. The zero-order valence-corrected chi connectivity index (χ0v) is 17.3. The van der Waals surface area contributed by atoms with Crippen LogP contribution in [0, 0.1) is 5.92 Å². The summed E-state index contributed by atoms with van der Waals surface area (Å²) in [5.74, 6) is -0.302. The van der Waals surface area contributed by atoms with Gasteiger partial charge in [-0.3, -0.25) is 14.9 Å². The van der Waals surface area contributed by atoms with Crippen LogP contribution in [0.1, 0.15) is 49.1 Å². The molecule has 2 aliphatic heterocycles. The predicted octanol–water partition coefficient (Wildman–Crippen LogP) is 3.75. The molecule has 1 spiro atoms. The third-order valence-electron chi connectivity index (χ3n) is 7.41. The van der Waals surface area contributed by atoms with Crippen LogP contribution in [-0.2, 0) is 19.7 Å². The Kier molecular flexibility index (Phi) is 4.86. The first-order valence-electron chi connectivity index (χ1n) is 11.0. The molecule has 0 bridgehead atoms. The Morgan fingerprint density at radius 2 is 1.70 bits per heavy atom. The number of anilines is 1. The van der Waals surface area contributed by atoms with Crippen molar-refractivity contribution in [3.63, 3.8) is 0 Å². The zero-order chi connectivity index (χ0) is 20.7. The van der Waals surface area contributed by atoms with Crippen molar-refractivity contribution < 1.29 is 14.3 Å². The Hall–Kier alpha value is -2.66. The van der Waals surface area contributed by atoms with E-state index in [0.717, 1.165) is 29.7 Å². The van der Waals surface area contributed by atoms with E-state index in [9.17, 15) is 9.59 Å². The molecule has 0 radical (unpaired) electrons. The van der Waals surface area contributed by atoms with Crippen molar-refractivity contribution in [2.45, 2.75) is 55.5 Å². The Labute approximate surface area is 177 Å². The second-order valence-corrected chi connectivity index (χ2v) is 8.80. The molecule has 2 fully saturated rings. The normalized spacial score (nSPS) is 30.8. The van der Waals surface area contributed by atoms with Gasteiger partial charge in [0, 0.05) is 17.6 Å². The van der Waals surface area contributed by atoms with Gasteiger partial charge in [-0.15, -0.1) is 0 Å². The first kappa shape index (κ1) is 19.3. The minimum Gasteiger partial charge on any atom is -0.468 e. The molecule has 1 amide bonds. The number of fused-ring (bicyclic) bond motifs is 2. The molecule has 2 aromatic rings. The number of amides is 1. The third kappa shape index (κ3) is 2.72. The van der Waals surface area contributed by atoms with Crippen LogP contribution in [0.15, 0.2) is 54.6 Å². The minimum absolute atomic E-state index is 0.00738. The maximum absolute atomic E-state index is 13.8. The lowest BCUT2D eigenvalue weighted by Crippen LogP contribution is -2.52. The van der Waals surface area contributed by atoms with E-state index in [1.165, 1.54) is 26.4 Å². The van der Waals surface area contributed by atoms with E-state index in [4.69, 9.17) is 4.74 Å². The van der Waals surface area contributed by atoms with Crippen LogP contribution in [-0.4, -0.2) is 31.1 Å². The molecule has 1 aliphatic carbocycles. The number of hydrogen-bond donors (Lipinski definition) is 2. The van der Waals surface area contributed by atoms with E-state index in [0.29, 0.717) is 5.92 Å². The van der Waals surface area contributed by atoms with Gasteiger partial charge in [0.25, 0.3) is 0 Å². The first-order chi connectivity index (χ1) is 14.7. The van der Waals surface area contributed by atoms with Crippen molar-refractivity contribution in [1.82, 2.24) is 5.32 Å². The number of ether oxygens (including phenoxy) is 1. The summed E-state index contributed by atoms with van der Waals surface area (Å²) < 4.78 is 5.21. The zero-order valence-electron chi connectivity index (χ0n) is 17.3. The van der Waals surface area contributed by atoms with Crippen molar-refractivity contribution in [2.24, 2.45) is 5.92 Å². The second kappa shape index (κ2) is 7.55. The number of para-hydroxylation sites is 1. The van der Waals surface area contributed by atoms with Gasteiger partial charge in [0.2, 0.25) is 5.91 Å². The summed E-state index contributed by atoms with van der Waals surface area (Å²) in [6.45, 7) is 0. The summed E-state index contributed by atoms with van der Waals surface area (Å²) in [5, 5.41) is 6.77. The third-order valence-corrected chi connectivity index (χ3v) is 7.41. The SMILES string of the molecule is COC(=O)[C@@H]1N[C@H](C2CCCCC2)[C@]2(C(=O)Nc3ccccc32)[C@H]1c1ccccc1. The highest BCUT2D eigenvalue weighted by molar-refractivity contribution is 6.09. The summed E-state index contributed by atoms with van der Waals surface area (Å²) in [5.41, 5.74) is 2.01. The number of benzene rings is 2. The molecule has 2 aromatic carbocycles. The van der Waals surface area contributed by atoms with Gasteiger partial charge < -0.3 is 10.1 Å². The van der Waals surface area contributed by atoms with Gasteiger partial charge in [-0.25, -0.2) is 0 Å². The Bertz CT molecular complexity index is 954. The number of esters is 1. The van der Waals surface area contributed by atoms with Crippen LogP contribution in [0.4, 0.5) is 5.69 Å². The van der Waals surface area contributed by atoms with Crippen molar-refractivity contribution in [3.05, 3.63) is 65.7 Å². The topological polar surface area (TPSA) is 67.4 Å². The Morgan fingerprint density at radius 1 is 1.00 bits per heavy atom. The molecular formula is C25H28N2O3. The fourth-order valence-electron chi connectivity index (χ4n) is 6.22. The molecular weight excluding hydrogens is 376 g/mol. The van der Waals surface area contributed by atoms with Gasteiger partial charge in [0.15, 0.2) is 0 Å². The largest absolute Gasteiger partial charge is 0.468 e. The van der Waals surface area contributed by atoms with Gasteiger partial charge >= 0.3 is 5.97 Å². The van der Waals surface area contributed by atoms with Crippen molar-refractivity contribution in [1.29, 1.82) is 0 Å². The average molecular weight is 405 g/mol. The Balaban J connectivity index is 1.74. The van der Waals surface area contributed by atoms with Crippen molar-refractivity contribution in [2.75, 3.05) is 12.4 Å². The van der Waals surface area contributed by atoms with Crippen LogP contribution >= 0.6 is 0 Å². The lowest BCUT2D eigenvalue weighted by molar-refractivity contribution is -0.143. The minimum atomic E-state index is -0.835. The van der Waals surface area contributed by atoms with Crippen LogP contribution in [0.3, 0.4) is 0 Å². The molecule has 1 saturated heterocycles. The van der Waals surface area contributed by atoms with Crippen molar-refractivity contribution >= 4 is 17.6 Å². The van der Waals surface area contributed by atoms with Crippen LogP contribution in [0.25, 0.3) is 0 Å². The number of carbonyl (C=O) groups excluding carboxylic acids is 2. The van der Waals surface area contributed by atoms with E-state index in [2.05, 4.69) is 16.7 Å². The Morgan fingerprint density at radius 3 is 2.43 bits per heavy atom. The molecule has 30 heavy (non-hydrogen) atoms. The van der Waals surface area contributed by atoms with Crippen LogP contribution in [0.5, 0.6) is 0 Å². The van der Waals surface area contributed by atoms with Crippen LogP contribution < -0.4 is 10.6 Å². The van der Waals surface area contributed by atoms with Gasteiger partial charge in [-0.2, -0.15) is 0 Å². The quantitative estimate of drug-likeness (QED) is 0.765. The van der Waals surface area contributed by atoms with Crippen LogP contribution in [0.2, 0.25) is 0 Å².